The van der Waals surface area contributed by atoms with Gasteiger partial charge in [-0.05, 0) is 53.9 Å². The molecule has 0 unspecified atom stereocenters. The first-order valence-corrected chi connectivity index (χ1v) is 11.3. The molecule has 4 rings (SSSR count). The Bertz CT molecular complexity index is 1230. The number of carbonyl (C=O) groups excluding carboxylic acids is 2. The Morgan fingerprint density at radius 3 is 2.41 bits per heavy atom. The van der Waals surface area contributed by atoms with Gasteiger partial charge in [0.15, 0.2) is 5.13 Å². The van der Waals surface area contributed by atoms with Gasteiger partial charge in [-0.2, -0.15) is 0 Å². The minimum Gasteiger partial charge on any atom is -0.497 e. The molecule has 9 heteroatoms. The maximum Gasteiger partial charge on any atom is 0.265 e. The third-order valence-electron chi connectivity index (χ3n) is 4.56. The van der Waals surface area contributed by atoms with Gasteiger partial charge < -0.3 is 14.8 Å². The molecule has 4 aromatic rings. The predicted molar refractivity (Wildman–Crippen MR) is 127 cm³/mol. The molecule has 0 atom stereocenters. The molecule has 0 aliphatic heterocycles. The maximum absolute atomic E-state index is 12.6. The van der Waals surface area contributed by atoms with Crippen molar-refractivity contribution in [3.8, 4) is 22.8 Å². The highest BCUT2D eigenvalue weighted by Gasteiger charge is 2.14. The molecule has 32 heavy (non-hydrogen) atoms. The van der Waals surface area contributed by atoms with Crippen molar-refractivity contribution in [1.82, 2.24) is 4.98 Å². The van der Waals surface area contributed by atoms with Crippen molar-refractivity contribution in [3.05, 3.63) is 75.8 Å². The summed E-state index contributed by atoms with van der Waals surface area (Å²) in [6.45, 7) is 0. The Kier molecular flexibility index (Phi) is 6.48. The third-order valence-corrected chi connectivity index (χ3v) is 6.18. The van der Waals surface area contributed by atoms with Crippen LogP contribution in [0, 0.1) is 0 Å². The average Bonchev–Trinajstić information content (AvgIpc) is 3.51. The lowest BCUT2D eigenvalue weighted by Gasteiger charge is -2.08. The Balaban J connectivity index is 1.44. The van der Waals surface area contributed by atoms with Gasteiger partial charge in [0.05, 0.1) is 24.8 Å². The molecule has 2 aromatic heterocycles. The second-order valence-electron chi connectivity index (χ2n) is 6.57. The fraction of sp³-hybridized carbons (Fsp3) is 0.0870. The summed E-state index contributed by atoms with van der Waals surface area (Å²) < 4.78 is 10.7. The zero-order valence-corrected chi connectivity index (χ0v) is 18.9. The molecular weight excluding hydrogens is 446 g/mol. The number of methoxy groups -OCH3 is 2. The summed E-state index contributed by atoms with van der Waals surface area (Å²) in [6.07, 6.45) is 0. The molecule has 2 heterocycles. The van der Waals surface area contributed by atoms with Crippen LogP contribution in [-0.4, -0.2) is 31.0 Å². The van der Waals surface area contributed by atoms with Gasteiger partial charge in [0.2, 0.25) is 0 Å². The van der Waals surface area contributed by atoms with Crippen LogP contribution in [0.25, 0.3) is 11.3 Å². The number of nitrogens with one attached hydrogen (secondary N) is 2. The smallest absolute Gasteiger partial charge is 0.265 e. The van der Waals surface area contributed by atoms with Crippen molar-refractivity contribution in [2.45, 2.75) is 0 Å². The fourth-order valence-corrected chi connectivity index (χ4v) is 4.27. The first-order chi connectivity index (χ1) is 15.6. The SMILES string of the molecule is COc1ccc(OC)c(-c2csc(NC(=O)c3ccc(NC(=O)c4cccs4)cc3)n2)c1. The number of benzene rings is 2. The van der Waals surface area contributed by atoms with Crippen molar-refractivity contribution in [3.63, 3.8) is 0 Å². The molecule has 0 radical (unpaired) electrons. The van der Waals surface area contributed by atoms with E-state index in [0.717, 1.165) is 5.56 Å². The van der Waals surface area contributed by atoms with Crippen LogP contribution in [-0.2, 0) is 0 Å². The Morgan fingerprint density at radius 2 is 1.72 bits per heavy atom. The van der Waals surface area contributed by atoms with Gasteiger partial charge in [-0.1, -0.05) is 6.07 Å². The van der Waals surface area contributed by atoms with Crippen LogP contribution in [0.1, 0.15) is 20.0 Å². The van der Waals surface area contributed by atoms with Crippen LogP contribution >= 0.6 is 22.7 Å². The average molecular weight is 466 g/mol. The standard InChI is InChI=1S/C23H19N3O4S2/c1-29-16-9-10-19(30-2)17(12-16)18-13-32-23(25-18)26-21(27)14-5-7-15(8-6-14)24-22(28)20-4-3-11-31-20/h3-13H,1-2H3,(H,24,28)(H,25,26,27). The number of hydrogen-bond donors (Lipinski definition) is 2. The van der Waals surface area contributed by atoms with Gasteiger partial charge in [-0.15, -0.1) is 22.7 Å². The minimum atomic E-state index is -0.292. The number of ether oxygens (including phenoxy) is 2. The first kappa shape index (κ1) is 21.5. The summed E-state index contributed by atoms with van der Waals surface area (Å²) in [6, 6.07) is 15.7. The van der Waals surface area contributed by atoms with Gasteiger partial charge in [-0.3, -0.25) is 14.9 Å². The van der Waals surface area contributed by atoms with Crippen LogP contribution in [0.4, 0.5) is 10.8 Å². The van der Waals surface area contributed by atoms with Crippen LogP contribution in [0.15, 0.2) is 65.4 Å². The van der Waals surface area contributed by atoms with E-state index in [2.05, 4.69) is 15.6 Å². The van der Waals surface area contributed by atoms with Crippen LogP contribution < -0.4 is 20.1 Å². The van der Waals surface area contributed by atoms with Crippen molar-refractivity contribution < 1.29 is 19.1 Å². The van der Waals surface area contributed by atoms with Crippen LogP contribution in [0.3, 0.4) is 0 Å². The van der Waals surface area contributed by atoms with Gasteiger partial charge in [0, 0.05) is 22.2 Å². The zero-order chi connectivity index (χ0) is 22.5. The van der Waals surface area contributed by atoms with Gasteiger partial charge in [-0.25, -0.2) is 4.98 Å². The maximum atomic E-state index is 12.6. The molecule has 162 valence electrons. The molecule has 7 nitrogen and oxygen atoms in total. The molecule has 0 saturated carbocycles. The molecule has 0 aliphatic rings. The van der Waals surface area contributed by atoms with Crippen molar-refractivity contribution in [2.75, 3.05) is 24.9 Å². The lowest BCUT2D eigenvalue weighted by atomic mass is 10.1. The number of amides is 2. The lowest BCUT2D eigenvalue weighted by molar-refractivity contribution is 0.102. The minimum absolute atomic E-state index is 0.180. The fourth-order valence-electron chi connectivity index (χ4n) is 2.94. The molecule has 0 spiro atoms. The van der Waals surface area contributed by atoms with Crippen molar-refractivity contribution in [1.29, 1.82) is 0 Å². The van der Waals surface area contributed by atoms with E-state index >= 15 is 0 Å². The summed E-state index contributed by atoms with van der Waals surface area (Å²) in [7, 11) is 3.18. The Hall–Kier alpha value is -3.69. The summed E-state index contributed by atoms with van der Waals surface area (Å²) in [4.78, 5) is 29.9. The van der Waals surface area contributed by atoms with E-state index in [-0.39, 0.29) is 11.8 Å². The number of thiazole rings is 1. The molecule has 0 bridgehead atoms. The Morgan fingerprint density at radius 1 is 0.906 bits per heavy atom. The van der Waals surface area contributed by atoms with E-state index in [4.69, 9.17) is 9.47 Å². The second kappa shape index (κ2) is 9.63. The molecule has 0 aliphatic carbocycles. The van der Waals surface area contributed by atoms with E-state index in [9.17, 15) is 9.59 Å². The van der Waals surface area contributed by atoms with Crippen molar-refractivity contribution in [2.24, 2.45) is 0 Å². The zero-order valence-electron chi connectivity index (χ0n) is 17.2. The number of carbonyl (C=O) groups is 2. The Labute approximate surface area is 192 Å². The molecule has 0 fully saturated rings. The quantitative estimate of drug-likeness (QED) is 0.382. The van der Waals surface area contributed by atoms with E-state index in [1.165, 1.54) is 22.7 Å². The molecule has 2 amide bonds. The number of thiophene rings is 1. The molecular formula is C23H19N3O4S2. The van der Waals surface area contributed by atoms with Crippen LogP contribution in [0.5, 0.6) is 11.5 Å². The number of hydrogen-bond acceptors (Lipinski definition) is 7. The summed E-state index contributed by atoms with van der Waals surface area (Å²) in [5.74, 6) is 0.875. The number of nitrogens with zero attached hydrogens (tertiary/aromatic N) is 1. The number of rotatable bonds is 7. The summed E-state index contributed by atoms with van der Waals surface area (Å²) in [5, 5.41) is 9.77. The van der Waals surface area contributed by atoms with E-state index in [1.807, 2.05) is 35.0 Å². The summed E-state index contributed by atoms with van der Waals surface area (Å²) >= 11 is 2.68. The van der Waals surface area contributed by atoms with Crippen LogP contribution in [0.2, 0.25) is 0 Å². The topological polar surface area (TPSA) is 89.5 Å². The normalized spacial score (nSPS) is 10.4. The second-order valence-corrected chi connectivity index (χ2v) is 8.37. The summed E-state index contributed by atoms with van der Waals surface area (Å²) in [5.41, 5.74) is 2.51. The molecule has 0 saturated heterocycles. The molecule has 2 N–H and O–H groups in total. The monoisotopic (exact) mass is 465 g/mol. The highest BCUT2D eigenvalue weighted by atomic mass is 32.1. The van der Waals surface area contributed by atoms with Gasteiger partial charge in [0.1, 0.15) is 11.5 Å². The van der Waals surface area contributed by atoms with E-state index in [0.29, 0.717) is 38.5 Å². The number of anilines is 2. The lowest BCUT2D eigenvalue weighted by Crippen LogP contribution is -2.13. The largest absolute Gasteiger partial charge is 0.497 e. The third kappa shape index (κ3) is 4.79. The highest BCUT2D eigenvalue weighted by molar-refractivity contribution is 7.14. The van der Waals surface area contributed by atoms with E-state index in [1.54, 1.807) is 44.6 Å². The number of aromatic nitrogens is 1. The van der Waals surface area contributed by atoms with E-state index < -0.39 is 0 Å². The van der Waals surface area contributed by atoms with Gasteiger partial charge in [0.25, 0.3) is 11.8 Å². The van der Waals surface area contributed by atoms with Crippen molar-refractivity contribution >= 4 is 45.3 Å². The molecule has 2 aromatic carbocycles. The van der Waals surface area contributed by atoms with Gasteiger partial charge >= 0.3 is 0 Å². The first-order valence-electron chi connectivity index (χ1n) is 9.51. The highest BCUT2D eigenvalue weighted by Crippen LogP contribution is 2.35. The predicted octanol–water partition coefficient (Wildman–Crippen LogP) is 5.39.